The largest absolute Gasteiger partial charge is 0.381 e. The first-order chi connectivity index (χ1) is 10.3. The van der Waals surface area contributed by atoms with E-state index >= 15 is 0 Å². The lowest BCUT2D eigenvalue weighted by Crippen LogP contribution is -2.33. The Morgan fingerprint density at radius 1 is 1.19 bits per heavy atom. The topological polar surface area (TPSA) is 72.6 Å². The molecule has 2 aliphatic rings. The average Bonchev–Trinajstić information content (AvgIpc) is 3.35. The van der Waals surface area contributed by atoms with Crippen LogP contribution in [0.4, 0.5) is 0 Å². The van der Waals surface area contributed by atoms with Crippen molar-refractivity contribution < 1.29 is 14.3 Å². The normalized spacial score (nSPS) is 13.4. The van der Waals surface area contributed by atoms with Gasteiger partial charge in [-0.3, -0.25) is 4.79 Å². The Labute approximate surface area is 129 Å². The summed E-state index contributed by atoms with van der Waals surface area (Å²) in [5, 5.41) is 0. The molecule has 1 saturated heterocycles. The molecule has 5 heteroatoms. The van der Waals surface area contributed by atoms with Crippen molar-refractivity contribution in [3.8, 4) is 12.8 Å². The van der Waals surface area contributed by atoms with E-state index in [1.807, 2.05) is 11.7 Å². The lowest BCUT2D eigenvalue weighted by molar-refractivity contribution is -0.128. The molecule has 1 saturated carbocycles. The molecule has 5 nitrogen and oxygen atoms in total. The summed E-state index contributed by atoms with van der Waals surface area (Å²) in [6, 6.07) is 0. The Bertz CT molecular complexity index is 244. The predicted molar refractivity (Wildman–Crippen MR) is 87.8 cm³/mol. The number of carbonyl (C=O) groups excluding carboxylic acids is 2. The zero-order valence-corrected chi connectivity index (χ0v) is 13.3. The van der Waals surface area contributed by atoms with Crippen molar-refractivity contribution in [3.05, 3.63) is 12.7 Å². The maximum absolute atomic E-state index is 10.8. The van der Waals surface area contributed by atoms with Crippen molar-refractivity contribution in [1.82, 2.24) is 4.90 Å². The molecule has 122 valence electrons. The maximum Gasteiger partial charge on any atom is 0.236 e. The minimum Gasteiger partial charge on any atom is -0.381 e. The Morgan fingerprint density at radius 2 is 1.62 bits per heavy atom. The van der Waals surface area contributed by atoms with E-state index in [1.54, 1.807) is 13.2 Å². The van der Waals surface area contributed by atoms with Crippen LogP contribution in [0.2, 0.25) is 0 Å². The molecule has 0 unspecified atom stereocenters. The SMILES string of the molecule is C#C.C1CC1.C=CCOC.C=O.NCC(=O)N1CCCC1. The van der Waals surface area contributed by atoms with Crippen LogP contribution in [0.25, 0.3) is 0 Å². The average molecular weight is 298 g/mol. The van der Waals surface area contributed by atoms with Crippen molar-refractivity contribution in [2.45, 2.75) is 32.1 Å². The summed E-state index contributed by atoms with van der Waals surface area (Å²) in [4.78, 5) is 20.6. The molecule has 1 heterocycles. The first kappa shape index (κ1) is 24.4. The summed E-state index contributed by atoms with van der Waals surface area (Å²) in [7, 11) is 1.64. The number of likely N-dealkylation sites (tertiary alicyclic amines) is 1. The number of carbonyl (C=O) groups is 2. The molecular weight excluding hydrogens is 268 g/mol. The molecule has 1 amide bonds. The number of nitrogens with zero attached hydrogens (tertiary/aromatic N) is 1. The molecule has 0 atom stereocenters. The molecular formula is C16H30N2O3. The van der Waals surface area contributed by atoms with Crippen LogP contribution in [0.3, 0.4) is 0 Å². The second kappa shape index (κ2) is 23.5. The Kier molecular flexibility index (Phi) is 27.2. The third-order valence-electron chi connectivity index (χ3n) is 2.27. The monoisotopic (exact) mass is 298 g/mol. The third kappa shape index (κ3) is 23.8. The smallest absolute Gasteiger partial charge is 0.236 e. The van der Waals surface area contributed by atoms with Crippen molar-refractivity contribution in [2.24, 2.45) is 5.73 Å². The summed E-state index contributed by atoms with van der Waals surface area (Å²) < 4.78 is 4.57. The maximum atomic E-state index is 10.8. The summed E-state index contributed by atoms with van der Waals surface area (Å²) in [5.41, 5.74) is 5.16. The molecule has 1 aliphatic carbocycles. The number of methoxy groups -OCH3 is 1. The first-order valence-corrected chi connectivity index (χ1v) is 6.96. The van der Waals surface area contributed by atoms with Gasteiger partial charge in [0.15, 0.2) is 0 Å². The van der Waals surface area contributed by atoms with Crippen LogP contribution in [0.5, 0.6) is 0 Å². The molecule has 21 heavy (non-hydrogen) atoms. The number of nitrogens with two attached hydrogens (primary N) is 1. The van der Waals surface area contributed by atoms with Gasteiger partial charge in [0.05, 0.1) is 13.2 Å². The molecule has 0 radical (unpaired) electrons. The van der Waals surface area contributed by atoms with E-state index in [0.29, 0.717) is 6.61 Å². The van der Waals surface area contributed by atoms with E-state index in [-0.39, 0.29) is 12.5 Å². The summed E-state index contributed by atoms with van der Waals surface area (Å²) in [5.74, 6) is 0.0903. The molecule has 1 aliphatic heterocycles. The van der Waals surface area contributed by atoms with E-state index in [9.17, 15) is 4.79 Å². The lowest BCUT2D eigenvalue weighted by atomic mass is 10.4. The van der Waals surface area contributed by atoms with Crippen LogP contribution in [-0.2, 0) is 14.3 Å². The molecule has 0 aromatic rings. The molecule has 2 rings (SSSR count). The van der Waals surface area contributed by atoms with Crippen molar-refractivity contribution >= 4 is 12.7 Å². The molecule has 2 N–H and O–H groups in total. The van der Waals surface area contributed by atoms with E-state index in [4.69, 9.17) is 10.5 Å². The fourth-order valence-corrected chi connectivity index (χ4v) is 1.21. The van der Waals surface area contributed by atoms with Gasteiger partial charge in [0, 0.05) is 20.2 Å². The summed E-state index contributed by atoms with van der Waals surface area (Å²) >= 11 is 0. The second-order valence-electron chi connectivity index (χ2n) is 4.10. The van der Waals surface area contributed by atoms with Gasteiger partial charge in [0.25, 0.3) is 0 Å². The van der Waals surface area contributed by atoms with Gasteiger partial charge in [-0.2, -0.15) is 0 Å². The van der Waals surface area contributed by atoms with Crippen LogP contribution in [0, 0.1) is 12.8 Å². The standard InChI is InChI=1S/C6H12N2O.C4H8O.C3H6.C2H2.CH2O/c7-5-6(9)8-3-1-2-4-8;1-3-4-5-2;1-2-3-1;2*1-2/h1-5,7H2;3H,1,4H2,2H3;1-3H2;1-2H;1H2. The van der Waals surface area contributed by atoms with Gasteiger partial charge < -0.3 is 20.2 Å². The Hall–Kier alpha value is -1.64. The highest BCUT2D eigenvalue weighted by Gasteiger charge is 2.15. The Morgan fingerprint density at radius 3 is 1.81 bits per heavy atom. The number of terminal acetylenes is 1. The highest BCUT2D eigenvalue weighted by Crippen LogP contribution is 2.14. The van der Waals surface area contributed by atoms with Crippen LogP contribution in [-0.4, -0.2) is 50.9 Å². The van der Waals surface area contributed by atoms with Crippen LogP contribution in [0.1, 0.15) is 32.1 Å². The molecule has 0 spiro atoms. The molecule has 0 aromatic carbocycles. The quantitative estimate of drug-likeness (QED) is 0.635. The van der Waals surface area contributed by atoms with Gasteiger partial charge in [-0.15, -0.1) is 19.4 Å². The number of ether oxygens (including phenoxy) is 1. The van der Waals surface area contributed by atoms with E-state index in [2.05, 4.69) is 24.2 Å². The molecule has 2 fully saturated rings. The van der Waals surface area contributed by atoms with Crippen LogP contribution < -0.4 is 5.73 Å². The van der Waals surface area contributed by atoms with Crippen LogP contribution >= 0.6 is 0 Å². The fraction of sp³-hybridized carbons (Fsp3) is 0.625. The van der Waals surface area contributed by atoms with Gasteiger partial charge in [-0.1, -0.05) is 25.3 Å². The number of amides is 1. The fourth-order valence-electron chi connectivity index (χ4n) is 1.21. The zero-order valence-electron chi connectivity index (χ0n) is 13.3. The lowest BCUT2D eigenvalue weighted by Gasteiger charge is -2.12. The molecule has 0 bridgehead atoms. The summed E-state index contributed by atoms with van der Waals surface area (Å²) in [6.45, 7) is 8.07. The van der Waals surface area contributed by atoms with Gasteiger partial charge in [-0.05, 0) is 12.8 Å². The zero-order chi connectivity index (χ0) is 16.9. The number of rotatable bonds is 3. The molecule has 0 aromatic heterocycles. The highest BCUT2D eigenvalue weighted by molar-refractivity contribution is 5.78. The van der Waals surface area contributed by atoms with Crippen LogP contribution in [0.15, 0.2) is 12.7 Å². The number of hydrogen-bond acceptors (Lipinski definition) is 4. The van der Waals surface area contributed by atoms with Gasteiger partial charge >= 0.3 is 0 Å². The van der Waals surface area contributed by atoms with E-state index in [1.165, 1.54) is 19.3 Å². The number of hydrogen-bond donors (Lipinski definition) is 1. The third-order valence-corrected chi connectivity index (χ3v) is 2.27. The van der Waals surface area contributed by atoms with E-state index in [0.717, 1.165) is 25.9 Å². The van der Waals surface area contributed by atoms with Crippen molar-refractivity contribution in [3.63, 3.8) is 0 Å². The van der Waals surface area contributed by atoms with Crippen molar-refractivity contribution in [1.29, 1.82) is 0 Å². The summed E-state index contributed by atoms with van der Waals surface area (Å²) in [6.07, 6.45) is 16.5. The Balaban J connectivity index is -0.000000229. The van der Waals surface area contributed by atoms with Gasteiger partial charge in [0.1, 0.15) is 6.79 Å². The van der Waals surface area contributed by atoms with Gasteiger partial charge in [0.2, 0.25) is 5.91 Å². The highest BCUT2D eigenvalue weighted by atomic mass is 16.5. The predicted octanol–water partition coefficient (Wildman–Crippen LogP) is 1.62. The second-order valence-corrected chi connectivity index (χ2v) is 4.10. The minimum absolute atomic E-state index is 0.0903. The first-order valence-electron chi connectivity index (χ1n) is 6.96. The van der Waals surface area contributed by atoms with Crippen molar-refractivity contribution in [2.75, 3.05) is 33.4 Å². The minimum atomic E-state index is 0.0903. The van der Waals surface area contributed by atoms with E-state index < -0.39 is 0 Å². The van der Waals surface area contributed by atoms with Gasteiger partial charge in [-0.25, -0.2) is 0 Å².